The average Bonchev–Trinajstić information content (AvgIpc) is 3.05. The summed E-state index contributed by atoms with van der Waals surface area (Å²) in [7, 11) is 0. The molecule has 2 rings (SSSR count). The first-order valence-electron chi connectivity index (χ1n) is 9.25. The first kappa shape index (κ1) is 20.1. The normalized spacial score (nSPS) is 17.1. The second-order valence-electron chi connectivity index (χ2n) is 7.55. The number of carbonyl (C=O) groups excluding carboxylic acids is 2. The van der Waals surface area contributed by atoms with Crippen LogP contribution in [0.3, 0.4) is 0 Å². The van der Waals surface area contributed by atoms with E-state index in [-0.39, 0.29) is 24.8 Å². The highest BCUT2D eigenvalue weighted by atomic mass is 16.6. The molecule has 0 bridgehead atoms. The number of rotatable bonds is 5. The minimum Gasteiger partial charge on any atom is -0.445 e. The van der Waals surface area contributed by atoms with Gasteiger partial charge >= 0.3 is 12.2 Å². The van der Waals surface area contributed by atoms with Crippen LogP contribution in [0.4, 0.5) is 9.59 Å². The molecule has 1 aromatic rings. The van der Waals surface area contributed by atoms with Crippen LogP contribution in [-0.4, -0.2) is 53.3 Å². The van der Waals surface area contributed by atoms with Gasteiger partial charge in [-0.05, 0) is 46.1 Å². The second kappa shape index (κ2) is 8.92. The van der Waals surface area contributed by atoms with Crippen LogP contribution >= 0.6 is 0 Å². The van der Waals surface area contributed by atoms with Gasteiger partial charge in [0.25, 0.3) is 0 Å². The number of ether oxygens (including phenoxy) is 2. The maximum absolute atomic E-state index is 12.4. The van der Waals surface area contributed by atoms with Crippen molar-refractivity contribution in [3.8, 4) is 0 Å². The number of nitrogens with zero attached hydrogens (tertiary/aromatic N) is 2. The van der Waals surface area contributed by atoms with E-state index in [0.29, 0.717) is 19.6 Å². The van der Waals surface area contributed by atoms with Crippen LogP contribution < -0.4 is 0 Å². The molecule has 1 saturated heterocycles. The van der Waals surface area contributed by atoms with Gasteiger partial charge < -0.3 is 19.3 Å². The van der Waals surface area contributed by atoms with Gasteiger partial charge in [0.2, 0.25) is 0 Å². The number of carbonyl (C=O) groups is 2. The highest BCUT2D eigenvalue weighted by Crippen LogP contribution is 2.22. The lowest BCUT2D eigenvalue weighted by Crippen LogP contribution is -2.46. The lowest BCUT2D eigenvalue weighted by atomic mass is 10.2. The fourth-order valence-electron chi connectivity index (χ4n) is 2.98. The lowest BCUT2D eigenvalue weighted by molar-refractivity contribution is 0.0187. The first-order valence-corrected chi connectivity index (χ1v) is 9.25. The molecule has 0 radical (unpaired) electrons. The quantitative estimate of drug-likeness (QED) is 0.793. The molecule has 2 amide bonds. The minimum atomic E-state index is -0.525. The van der Waals surface area contributed by atoms with Crippen molar-refractivity contribution < 1.29 is 19.1 Å². The maximum atomic E-state index is 12.4. The van der Waals surface area contributed by atoms with Crippen molar-refractivity contribution in [2.45, 2.75) is 58.8 Å². The molecule has 6 nitrogen and oxygen atoms in total. The van der Waals surface area contributed by atoms with Crippen molar-refractivity contribution in [2.24, 2.45) is 0 Å². The molecule has 0 aliphatic carbocycles. The smallest absolute Gasteiger partial charge is 0.410 e. The van der Waals surface area contributed by atoms with Gasteiger partial charge in [-0.25, -0.2) is 9.59 Å². The van der Waals surface area contributed by atoms with Crippen molar-refractivity contribution in [3.63, 3.8) is 0 Å². The van der Waals surface area contributed by atoms with Crippen LogP contribution in [0.2, 0.25) is 0 Å². The van der Waals surface area contributed by atoms with Crippen LogP contribution in [0.5, 0.6) is 0 Å². The Morgan fingerprint density at radius 2 is 1.92 bits per heavy atom. The Kier molecular flexibility index (Phi) is 6.89. The molecule has 1 aliphatic rings. The summed E-state index contributed by atoms with van der Waals surface area (Å²) < 4.78 is 10.9. The van der Waals surface area contributed by atoms with Gasteiger partial charge in [-0.1, -0.05) is 30.3 Å². The number of likely N-dealkylation sites (N-methyl/N-ethyl adjacent to an activating group) is 1. The summed E-state index contributed by atoms with van der Waals surface area (Å²) in [6.07, 6.45) is 1.11. The zero-order chi connectivity index (χ0) is 19.2. The lowest BCUT2D eigenvalue weighted by Gasteiger charge is -2.31. The molecule has 1 fully saturated rings. The Morgan fingerprint density at radius 3 is 2.54 bits per heavy atom. The van der Waals surface area contributed by atoms with E-state index < -0.39 is 5.60 Å². The van der Waals surface area contributed by atoms with E-state index in [1.54, 1.807) is 9.80 Å². The van der Waals surface area contributed by atoms with Gasteiger partial charge in [0.1, 0.15) is 12.2 Å². The molecular formula is C20H30N2O4. The third-order valence-electron chi connectivity index (χ3n) is 4.28. The molecule has 1 aromatic carbocycles. The Labute approximate surface area is 156 Å². The molecule has 1 unspecified atom stereocenters. The SMILES string of the molecule is CCN(CC1CCCN1C(=O)OC(C)(C)C)C(=O)OCc1ccccc1. The van der Waals surface area contributed by atoms with Gasteiger partial charge in [0.05, 0.1) is 6.04 Å². The maximum Gasteiger partial charge on any atom is 0.410 e. The predicted octanol–water partition coefficient (Wildman–Crippen LogP) is 4.04. The standard InChI is InChI=1S/C20H30N2O4/c1-5-21(18(23)25-15-16-10-7-6-8-11-16)14-17-12-9-13-22(17)19(24)26-20(2,3)4/h6-8,10-11,17H,5,9,12-15H2,1-4H3. The summed E-state index contributed by atoms with van der Waals surface area (Å²) in [5.74, 6) is 0. The predicted molar refractivity (Wildman–Crippen MR) is 99.8 cm³/mol. The minimum absolute atomic E-state index is 0.0333. The van der Waals surface area contributed by atoms with Crippen molar-refractivity contribution in [1.82, 2.24) is 9.80 Å². The van der Waals surface area contributed by atoms with E-state index in [2.05, 4.69) is 0 Å². The summed E-state index contributed by atoms with van der Waals surface area (Å²) in [6, 6.07) is 9.56. The molecule has 26 heavy (non-hydrogen) atoms. The average molecular weight is 362 g/mol. The Balaban J connectivity index is 1.90. The van der Waals surface area contributed by atoms with Crippen LogP contribution in [0.15, 0.2) is 30.3 Å². The Bertz CT molecular complexity index is 598. The van der Waals surface area contributed by atoms with Crippen LogP contribution in [0.25, 0.3) is 0 Å². The van der Waals surface area contributed by atoms with Crippen molar-refractivity contribution >= 4 is 12.2 Å². The van der Waals surface area contributed by atoms with Crippen molar-refractivity contribution in [1.29, 1.82) is 0 Å². The topological polar surface area (TPSA) is 59.1 Å². The number of benzene rings is 1. The summed E-state index contributed by atoms with van der Waals surface area (Å²) >= 11 is 0. The zero-order valence-electron chi connectivity index (χ0n) is 16.2. The van der Waals surface area contributed by atoms with E-state index in [9.17, 15) is 9.59 Å². The molecule has 0 spiro atoms. The third-order valence-corrected chi connectivity index (χ3v) is 4.28. The van der Waals surface area contributed by atoms with E-state index in [0.717, 1.165) is 18.4 Å². The largest absolute Gasteiger partial charge is 0.445 e. The van der Waals surface area contributed by atoms with E-state index >= 15 is 0 Å². The zero-order valence-corrected chi connectivity index (χ0v) is 16.2. The highest BCUT2D eigenvalue weighted by molar-refractivity contribution is 5.70. The summed E-state index contributed by atoms with van der Waals surface area (Å²) in [5.41, 5.74) is 0.427. The summed E-state index contributed by atoms with van der Waals surface area (Å²) in [5, 5.41) is 0. The number of amides is 2. The molecule has 6 heteroatoms. The molecule has 0 aromatic heterocycles. The fraction of sp³-hybridized carbons (Fsp3) is 0.600. The van der Waals surface area contributed by atoms with Crippen molar-refractivity contribution in [2.75, 3.05) is 19.6 Å². The molecule has 1 heterocycles. The number of hydrogen-bond acceptors (Lipinski definition) is 4. The van der Waals surface area contributed by atoms with E-state index in [1.165, 1.54) is 0 Å². The van der Waals surface area contributed by atoms with Gasteiger partial charge in [0, 0.05) is 19.6 Å². The Hall–Kier alpha value is -2.24. The van der Waals surface area contributed by atoms with Crippen LogP contribution in [-0.2, 0) is 16.1 Å². The van der Waals surface area contributed by atoms with E-state index in [1.807, 2.05) is 58.0 Å². The van der Waals surface area contributed by atoms with Gasteiger partial charge in [0.15, 0.2) is 0 Å². The number of hydrogen-bond donors (Lipinski definition) is 0. The van der Waals surface area contributed by atoms with Gasteiger partial charge in [-0.2, -0.15) is 0 Å². The van der Waals surface area contributed by atoms with Crippen molar-refractivity contribution in [3.05, 3.63) is 35.9 Å². The highest BCUT2D eigenvalue weighted by Gasteiger charge is 2.34. The van der Waals surface area contributed by atoms with E-state index in [4.69, 9.17) is 9.47 Å². The monoisotopic (exact) mass is 362 g/mol. The fourth-order valence-corrected chi connectivity index (χ4v) is 2.98. The number of likely N-dealkylation sites (tertiary alicyclic amines) is 1. The third kappa shape index (κ3) is 5.93. The molecule has 0 saturated carbocycles. The molecule has 1 atom stereocenters. The van der Waals surface area contributed by atoms with Gasteiger partial charge in [-0.15, -0.1) is 0 Å². The summed E-state index contributed by atoms with van der Waals surface area (Å²) in [4.78, 5) is 28.2. The first-order chi connectivity index (χ1) is 12.3. The van der Waals surface area contributed by atoms with Gasteiger partial charge in [-0.3, -0.25) is 0 Å². The Morgan fingerprint density at radius 1 is 1.23 bits per heavy atom. The summed E-state index contributed by atoms with van der Waals surface area (Å²) in [6.45, 7) is 9.39. The molecule has 144 valence electrons. The van der Waals surface area contributed by atoms with Crippen LogP contribution in [0, 0.1) is 0 Å². The second-order valence-corrected chi connectivity index (χ2v) is 7.55. The molecule has 0 N–H and O–H groups in total. The van der Waals surface area contributed by atoms with Crippen LogP contribution in [0.1, 0.15) is 46.1 Å². The molecular weight excluding hydrogens is 332 g/mol. The molecule has 1 aliphatic heterocycles.